The molecule has 9 heteroatoms. The maximum atomic E-state index is 11.4. The molecule has 0 aliphatic carbocycles. The summed E-state index contributed by atoms with van der Waals surface area (Å²) in [6.45, 7) is 7.38. The standard InChI is InChI=1S/C23H29ClN6O2/c1-4-30-9-7-16(8-10-30)27-20-17(24)12-26-23-21(20)28-22(29-23)15-5-6-18(14(2)11-15)32-13-19(31)25-3/h5-6,11-12,16H,4,7-10,13H2,1-3H3,(H,25,31)(H2,26,27,28,29). The summed E-state index contributed by atoms with van der Waals surface area (Å²) in [6.07, 6.45) is 3.80. The molecule has 4 rings (SSSR count). The predicted octanol–water partition coefficient (Wildman–Crippen LogP) is 3.61. The second-order valence-electron chi connectivity index (χ2n) is 8.06. The van der Waals surface area contributed by atoms with Crippen LogP contribution in [-0.2, 0) is 4.79 Å². The highest BCUT2D eigenvalue weighted by atomic mass is 35.5. The van der Waals surface area contributed by atoms with Crippen molar-refractivity contribution >= 4 is 34.4 Å². The van der Waals surface area contributed by atoms with Crippen LogP contribution in [0.25, 0.3) is 22.6 Å². The lowest BCUT2D eigenvalue weighted by Crippen LogP contribution is -2.38. The Labute approximate surface area is 192 Å². The van der Waals surface area contributed by atoms with Crippen molar-refractivity contribution in [2.75, 3.05) is 38.6 Å². The van der Waals surface area contributed by atoms with Gasteiger partial charge in [-0.15, -0.1) is 0 Å². The Morgan fingerprint density at radius 2 is 2.12 bits per heavy atom. The van der Waals surface area contributed by atoms with Gasteiger partial charge in [-0.05, 0) is 50.1 Å². The van der Waals surface area contributed by atoms with Crippen molar-refractivity contribution in [2.45, 2.75) is 32.7 Å². The Morgan fingerprint density at radius 1 is 1.34 bits per heavy atom. The van der Waals surface area contributed by atoms with Gasteiger partial charge in [-0.3, -0.25) is 4.79 Å². The molecule has 0 radical (unpaired) electrons. The molecule has 0 bridgehead atoms. The monoisotopic (exact) mass is 456 g/mol. The Bertz CT molecular complexity index is 1110. The van der Waals surface area contributed by atoms with Crippen LogP contribution in [0.2, 0.25) is 5.02 Å². The third-order valence-corrected chi connectivity index (χ3v) is 6.23. The number of hydrogen-bond donors (Lipinski definition) is 3. The van der Waals surface area contributed by atoms with E-state index in [4.69, 9.17) is 16.3 Å². The van der Waals surface area contributed by atoms with Crippen LogP contribution in [-0.4, -0.2) is 65.1 Å². The lowest BCUT2D eigenvalue weighted by Gasteiger charge is -2.32. The molecule has 1 aliphatic rings. The molecule has 1 aliphatic heterocycles. The van der Waals surface area contributed by atoms with Gasteiger partial charge in [-0.2, -0.15) is 0 Å². The van der Waals surface area contributed by atoms with Crippen molar-refractivity contribution in [3.05, 3.63) is 35.0 Å². The van der Waals surface area contributed by atoms with E-state index in [0.717, 1.165) is 54.8 Å². The van der Waals surface area contributed by atoms with E-state index >= 15 is 0 Å². The van der Waals surface area contributed by atoms with Crippen molar-refractivity contribution in [1.82, 2.24) is 25.2 Å². The number of carbonyl (C=O) groups excluding carboxylic acids is 1. The number of likely N-dealkylation sites (N-methyl/N-ethyl adjacent to an activating group) is 1. The molecule has 0 saturated carbocycles. The number of rotatable bonds is 7. The number of likely N-dealkylation sites (tertiary alicyclic amines) is 1. The number of carbonyl (C=O) groups is 1. The topological polar surface area (TPSA) is 95.2 Å². The number of halogens is 1. The molecular formula is C23H29ClN6O2. The first-order chi connectivity index (χ1) is 15.5. The summed E-state index contributed by atoms with van der Waals surface area (Å²) in [5.41, 5.74) is 4.11. The first-order valence-electron chi connectivity index (χ1n) is 11.0. The van der Waals surface area contributed by atoms with Gasteiger partial charge in [0.2, 0.25) is 0 Å². The number of piperidine rings is 1. The van der Waals surface area contributed by atoms with Gasteiger partial charge in [-0.25, -0.2) is 9.97 Å². The van der Waals surface area contributed by atoms with Crippen molar-refractivity contribution in [1.29, 1.82) is 0 Å². The molecule has 1 saturated heterocycles. The molecule has 0 unspecified atom stereocenters. The highest BCUT2D eigenvalue weighted by Crippen LogP contribution is 2.33. The minimum atomic E-state index is -0.172. The zero-order valence-corrected chi connectivity index (χ0v) is 19.4. The van der Waals surface area contributed by atoms with E-state index < -0.39 is 0 Å². The van der Waals surface area contributed by atoms with E-state index in [9.17, 15) is 4.79 Å². The fourth-order valence-electron chi connectivity index (χ4n) is 3.98. The third-order valence-electron chi connectivity index (χ3n) is 5.94. The molecular weight excluding hydrogens is 428 g/mol. The molecule has 3 aromatic rings. The van der Waals surface area contributed by atoms with Crippen molar-refractivity contribution in [2.24, 2.45) is 0 Å². The molecule has 0 atom stereocenters. The Balaban J connectivity index is 1.57. The quantitative estimate of drug-likeness (QED) is 0.502. The van der Waals surface area contributed by atoms with E-state index in [1.165, 1.54) is 0 Å². The zero-order chi connectivity index (χ0) is 22.7. The van der Waals surface area contributed by atoms with Crippen LogP contribution in [0.5, 0.6) is 5.75 Å². The highest BCUT2D eigenvalue weighted by molar-refractivity contribution is 6.34. The SMILES string of the molecule is CCN1CCC(Nc2c(Cl)cnc3nc(-c4ccc(OCC(=O)NC)c(C)c4)[nH]c23)CC1. The predicted molar refractivity (Wildman–Crippen MR) is 127 cm³/mol. The lowest BCUT2D eigenvalue weighted by molar-refractivity contribution is -0.122. The van der Waals surface area contributed by atoms with Gasteiger partial charge in [0.15, 0.2) is 12.3 Å². The lowest BCUT2D eigenvalue weighted by atomic mass is 10.0. The number of fused-ring (bicyclic) bond motifs is 1. The summed E-state index contributed by atoms with van der Waals surface area (Å²) in [4.78, 5) is 26.4. The van der Waals surface area contributed by atoms with Crippen LogP contribution in [0.1, 0.15) is 25.3 Å². The number of aromatic amines is 1. The van der Waals surface area contributed by atoms with E-state index in [1.807, 2.05) is 25.1 Å². The molecule has 3 heterocycles. The summed E-state index contributed by atoms with van der Waals surface area (Å²) in [5, 5.41) is 6.76. The summed E-state index contributed by atoms with van der Waals surface area (Å²) >= 11 is 6.52. The number of amides is 1. The van der Waals surface area contributed by atoms with Gasteiger partial charge in [0.05, 0.1) is 16.9 Å². The number of imidazole rings is 1. The van der Waals surface area contributed by atoms with Gasteiger partial charge in [0.1, 0.15) is 17.1 Å². The first kappa shape index (κ1) is 22.4. The van der Waals surface area contributed by atoms with Gasteiger partial charge in [-0.1, -0.05) is 18.5 Å². The number of nitrogens with zero attached hydrogens (tertiary/aromatic N) is 3. The number of anilines is 1. The van der Waals surface area contributed by atoms with Crippen LogP contribution in [0.15, 0.2) is 24.4 Å². The fourth-order valence-corrected chi connectivity index (χ4v) is 4.18. The summed E-state index contributed by atoms with van der Waals surface area (Å²) < 4.78 is 5.59. The molecule has 32 heavy (non-hydrogen) atoms. The number of H-pyrrole nitrogens is 1. The van der Waals surface area contributed by atoms with Crippen LogP contribution in [0, 0.1) is 6.92 Å². The number of pyridine rings is 1. The minimum absolute atomic E-state index is 0.0179. The number of hydrogen-bond acceptors (Lipinski definition) is 6. The maximum absolute atomic E-state index is 11.4. The molecule has 8 nitrogen and oxygen atoms in total. The summed E-state index contributed by atoms with van der Waals surface area (Å²) in [7, 11) is 1.58. The highest BCUT2D eigenvalue weighted by Gasteiger charge is 2.21. The Morgan fingerprint density at radius 3 is 2.81 bits per heavy atom. The van der Waals surface area contributed by atoms with Crippen LogP contribution < -0.4 is 15.4 Å². The number of ether oxygens (including phenoxy) is 1. The van der Waals surface area contributed by atoms with E-state index in [-0.39, 0.29) is 12.5 Å². The first-order valence-corrected chi connectivity index (χ1v) is 11.3. The summed E-state index contributed by atoms with van der Waals surface area (Å²) in [6, 6.07) is 6.11. The fraction of sp³-hybridized carbons (Fsp3) is 0.435. The number of aromatic nitrogens is 3. The zero-order valence-electron chi connectivity index (χ0n) is 18.7. The normalized spacial score (nSPS) is 15.1. The van der Waals surface area contributed by atoms with Crippen LogP contribution >= 0.6 is 11.6 Å². The van der Waals surface area contributed by atoms with E-state index in [1.54, 1.807) is 13.2 Å². The van der Waals surface area contributed by atoms with Gasteiger partial charge < -0.3 is 25.3 Å². The van der Waals surface area contributed by atoms with Gasteiger partial charge in [0, 0.05) is 31.7 Å². The second kappa shape index (κ2) is 9.75. The average Bonchev–Trinajstić information content (AvgIpc) is 3.25. The molecule has 1 amide bonds. The van der Waals surface area contributed by atoms with E-state index in [2.05, 4.69) is 37.4 Å². The molecule has 3 N–H and O–H groups in total. The number of aryl methyl sites for hydroxylation is 1. The second-order valence-corrected chi connectivity index (χ2v) is 8.47. The van der Waals surface area contributed by atoms with Crippen LogP contribution in [0.4, 0.5) is 5.69 Å². The smallest absolute Gasteiger partial charge is 0.257 e. The van der Waals surface area contributed by atoms with Gasteiger partial charge >= 0.3 is 0 Å². The largest absolute Gasteiger partial charge is 0.484 e. The Kier molecular flexibility index (Phi) is 6.81. The minimum Gasteiger partial charge on any atom is -0.484 e. The molecule has 0 spiro atoms. The molecule has 1 fully saturated rings. The Hall–Kier alpha value is -2.84. The van der Waals surface area contributed by atoms with Crippen LogP contribution in [0.3, 0.4) is 0 Å². The number of nitrogens with one attached hydrogen (secondary N) is 3. The summed E-state index contributed by atoms with van der Waals surface area (Å²) in [5.74, 6) is 1.20. The molecule has 170 valence electrons. The van der Waals surface area contributed by atoms with Gasteiger partial charge in [0.25, 0.3) is 5.91 Å². The maximum Gasteiger partial charge on any atom is 0.257 e. The van der Waals surface area contributed by atoms with Crippen molar-refractivity contribution in [3.8, 4) is 17.1 Å². The molecule has 2 aromatic heterocycles. The number of benzene rings is 1. The third kappa shape index (κ3) is 4.81. The molecule has 1 aromatic carbocycles. The average molecular weight is 457 g/mol. The van der Waals surface area contributed by atoms with Crippen molar-refractivity contribution < 1.29 is 9.53 Å². The van der Waals surface area contributed by atoms with Crippen molar-refractivity contribution in [3.63, 3.8) is 0 Å². The van der Waals surface area contributed by atoms with E-state index in [0.29, 0.717) is 28.3 Å².